The number of carbonyl (C=O) groups is 1. The highest BCUT2D eigenvalue weighted by molar-refractivity contribution is 5.90. The van der Waals surface area contributed by atoms with Crippen LogP contribution in [0, 0.1) is 6.92 Å². The number of para-hydroxylation sites is 1. The summed E-state index contributed by atoms with van der Waals surface area (Å²) in [5.74, 6) is 5.72. The van der Waals surface area contributed by atoms with Gasteiger partial charge in [-0.3, -0.25) is 10.2 Å². The number of anilines is 1. The van der Waals surface area contributed by atoms with Gasteiger partial charge in [0.2, 0.25) is 0 Å². The summed E-state index contributed by atoms with van der Waals surface area (Å²) in [7, 11) is 0. The van der Waals surface area contributed by atoms with Gasteiger partial charge in [-0.15, -0.1) is 0 Å². The van der Waals surface area contributed by atoms with Gasteiger partial charge in [0, 0.05) is 11.2 Å². The van der Waals surface area contributed by atoms with Gasteiger partial charge < -0.3 is 4.90 Å². The van der Waals surface area contributed by atoms with Gasteiger partial charge in [0.25, 0.3) is 5.91 Å². The molecule has 1 heterocycles. The molecule has 1 aromatic carbocycles. The molecule has 0 aromatic heterocycles. The van der Waals surface area contributed by atoms with Crippen molar-refractivity contribution in [2.45, 2.75) is 65.0 Å². The van der Waals surface area contributed by atoms with E-state index in [0.29, 0.717) is 5.92 Å². The molecule has 0 aliphatic carbocycles. The van der Waals surface area contributed by atoms with Crippen molar-refractivity contribution in [2.24, 2.45) is 5.84 Å². The van der Waals surface area contributed by atoms with Crippen LogP contribution in [-0.2, 0) is 4.79 Å². The van der Waals surface area contributed by atoms with E-state index in [2.05, 4.69) is 56.2 Å². The second-order valence-corrected chi connectivity index (χ2v) is 7.30. The number of aryl methyl sites for hydroxylation is 1. The van der Waals surface area contributed by atoms with Crippen molar-refractivity contribution < 1.29 is 4.79 Å². The first-order chi connectivity index (χ1) is 9.63. The quantitative estimate of drug-likeness (QED) is 0.500. The van der Waals surface area contributed by atoms with E-state index < -0.39 is 5.54 Å². The van der Waals surface area contributed by atoms with Crippen LogP contribution in [0.15, 0.2) is 18.2 Å². The Labute approximate surface area is 127 Å². The van der Waals surface area contributed by atoms with Crippen LogP contribution >= 0.6 is 0 Å². The first-order valence-corrected chi connectivity index (χ1v) is 7.54. The Bertz CT molecular complexity index is 563. The van der Waals surface area contributed by atoms with E-state index >= 15 is 0 Å². The number of fused-ring (bicyclic) bond motifs is 1. The topological polar surface area (TPSA) is 58.4 Å². The predicted molar refractivity (Wildman–Crippen MR) is 87.2 cm³/mol. The summed E-state index contributed by atoms with van der Waals surface area (Å²) in [5.41, 5.74) is 5.18. The van der Waals surface area contributed by atoms with Crippen molar-refractivity contribution >= 4 is 11.6 Å². The van der Waals surface area contributed by atoms with Crippen LogP contribution in [0.2, 0.25) is 0 Å². The molecular weight excluding hydrogens is 262 g/mol. The number of nitrogens with zero attached hydrogens (tertiary/aromatic N) is 1. The maximum atomic E-state index is 12.3. The largest absolute Gasteiger partial charge is 0.352 e. The Balaban J connectivity index is 2.69. The molecule has 0 radical (unpaired) electrons. The number of hydrogen-bond acceptors (Lipinski definition) is 3. The van der Waals surface area contributed by atoms with Gasteiger partial charge in [0.15, 0.2) is 0 Å². The molecule has 116 valence electrons. The van der Waals surface area contributed by atoms with Crippen molar-refractivity contribution in [3.63, 3.8) is 0 Å². The normalized spacial score (nSPS) is 20.9. The fourth-order valence-electron chi connectivity index (χ4n) is 3.95. The molecule has 1 aromatic rings. The van der Waals surface area contributed by atoms with E-state index in [1.165, 1.54) is 16.8 Å². The van der Waals surface area contributed by atoms with Crippen LogP contribution in [0.25, 0.3) is 0 Å². The zero-order chi connectivity index (χ0) is 16.0. The lowest BCUT2D eigenvalue weighted by molar-refractivity contribution is -0.126. The summed E-state index contributed by atoms with van der Waals surface area (Å²) >= 11 is 0. The molecule has 0 fully saturated rings. The number of amides is 1. The third-order valence-corrected chi connectivity index (χ3v) is 4.68. The van der Waals surface area contributed by atoms with Crippen molar-refractivity contribution in [1.82, 2.24) is 5.43 Å². The van der Waals surface area contributed by atoms with E-state index in [4.69, 9.17) is 5.84 Å². The maximum Gasteiger partial charge on any atom is 0.259 e. The number of benzene rings is 1. The smallest absolute Gasteiger partial charge is 0.259 e. The lowest BCUT2D eigenvalue weighted by Gasteiger charge is -2.54. The molecule has 4 heteroatoms. The zero-order valence-corrected chi connectivity index (χ0v) is 13.9. The van der Waals surface area contributed by atoms with Crippen molar-refractivity contribution in [2.75, 3.05) is 4.90 Å². The third-order valence-electron chi connectivity index (χ3n) is 4.68. The fourth-order valence-corrected chi connectivity index (χ4v) is 3.95. The van der Waals surface area contributed by atoms with Gasteiger partial charge in [-0.05, 0) is 58.1 Å². The summed E-state index contributed by atoms with van der Waals surface area (Å²) in [6, 6.07) is 6.37. The molecular formula is C17H27N3O. The first kappa shape index (κ1) is 15.8. The summed E-state index contributed by atoms with van der Waals surface area (Å²) < 4.78 is 0. The summed E-state index contributed by atoms with van der Waals surface area (Å²) in [6.07, 6.45) is 1.00. The van der Waals surface area contributed by atoms with E-state index in [9.17, 15) is 4.79 Å². The molecule has 3 N–H and O–H groups in total. The number of nitrogens with two attached hydrogens (primary N) is 1. The highest BCUT2D eigenvalue weighted by atomic mass is 16.2. The monoisotopic (exact) mass is 289 g/mol. The van der Waals surface area contributed by atoms with Gasteiger partial charge >= 0.3 is 0 Å². The Morgan fingerprint density at radius 2 is 2.05 bits per heavy atom. The SMILES string of the molecule is Cc1cccc2c1N(C(C)(C)C(=O)NN)C(C)(C)CC2C. The lowest BCUT2D eigenvalue weighted by Crippen LogP contribution is -2.65. The Morgan fingerprint density at radius 3 is 2.62 bits per heavy atom. The van der Waals surface area contributed by atoms with Crippen molar-refractivity contribution in [1.29, 1.82) is 0 Å². The second kappa shape index (κ2) is 5.02. The van der Waals surface area contributed by atoms with Crippen molar-refractivity contribution in [3.05, 3.63) is 29.3 Å². The fraction of sp³-hybridized carbons (Fsp3) is 0.588. The van der Waals surface area contributed by atoms with E-state index in [1.807, 2.05) is 13.8 Å². The molecule has 0 saturated heterocycles. The summed E-state index contributed by atoms with van der Waals surface area (Å²) in [5, 5.41) is 0. The highest BCUT2D eigenvalue weighted by Gasteiger charge is 2.47. The van der Waals surface area contributed by atoms with Gasteiger partial charge in [-0.2, -0.15) is 0 Å². The van der Waals surface area contributed by atoms with Crippen LogP contribution < -0.4 is 16.2 Å². The average molecular weight is 289 g/mol. The van der Waals surface area contributed by atoms with E-state index in [1.54, 1.807) is 0 Å². The minimum Gasteiger partial charge on any atom is -0.352 e. The van der Waals surface area contributed by atoms with E-state index in [0.717, 1.165) is 6.42 Å². The zero-order valence-electron chi connectivity index (χ0n) is 13.9. The Kier molecular flexibility index (Phi) is 3.79. The predicted octanol–water partition coefficient (Wildman–Crippen LogP) is 2.86. The average Bonchev–Trinajstić information content (AvgIpc) is 2.37. The third kappa shape index (κ3) is 2.42. The molecule has 0 saturated carbocycles. The lowest BCUT2D eigenvalue weighted by atomic mass is 9.76. The van der Waals surface area contributed by atoms with Gasteiger partial charge in [-0.25, -0.2) is 5.84 Å². The minimum absolute atomic E-state index is 0.117. The van der Waals surface area contributed by atoms with E-state index in [-0.39, 0.29) is 11.4 Å². The molecule has 1 atom stereocenters. The molecule has 1 amide bonds. The highest BCUT2D eigenvalue weighted by Crippen LogP contribution is 2.48. The van der Waals surface area contributed by atoms with Crippen LogP contribution in [-0.4, -0.2) is 17.0 Å². The van der Waals surface area contributed by atoms with Crippen molar-refractivity contribution in [3.8, 4) is 0 Å². The minimum atomic E-state index is -0.709. The molecule has 0 bridgehead atoms. The number of hydrazine groups is 1. The maximum absolute atomic E-state index is 12.3. The second-order valence-electron chi connectivity index (χ2n) is 7.30. The number of hydrogen-bond donors (Lipinski definition) is 2. The Morgan fingerprint density at radius 1 is 1.43 bits per heavy atom. The standard InChI is InChI=1S/C17H27N3O/c1-11-8-7-9-13-12(2)10-16(3,4)20(14(11)13)17(5,6)15(21)19-18/h7-9,12H,10,18H2,1-6H3,(H,19,21). The number of nitrogens with one attached hydrogen (secondary N) is 1. The van der Waals surface area contributed by atoms with Gasteiger partial charge in [-0.1, -0.05) is 25.1 Å². The number of carbonyl (C=O) groups excluding carboxylic acids is 1. The molecule has 1 aliphatic rings. The van der Waals surface area contributed by atoms with Gasteiger partial charge in [0.1, 0.15) is 5.54 Å². The van der Waals surface area contributed by atoms with Crippen LogP contribution in [0.5, 0.6) is 0 Å². The molecule has 4 nitrogen and oxygen atoms in total. The molecule has 0 spiro atoms. The number of rotatable bonds is 2. The van der Waals surface area contributed by atoms with Gasteiger partial charge in [0.05, 0.1) is 0 Å². The molecule has 2 rings (SSSR count). The van der Waals surface area contributed by atoms with Crippen LogP contribution in [0.3, 0.4) is 0 Å². The summed E-state index contributed by atoms with van der Waals surface area (Å²) in [4.78, 5) is 14.6. The van der Waals surface area contributed by atoms with Crippen LogP contribution in [0.4, 0.5) is 5.69 Å². The van der Waals surface area contributed by atoms with Crippen LogP contribution in [0.1, 0.15) is 58.1 Å². The molecule has 1 aliphatic heterocycles. The Hall–Kier alpha value is -1.55. The first-order valence-electron chi connectivity index (χ1n) is 7.54. The molecule has 21 heavy (non-hydrogen) atoms. The molecule has 1 unspecified atom stereocenters. The summed E-state index contributed by atoms with van der Waals surface area (Å²) in [6.45, 7) is 12.6.